The molecule has 0 spiro atoms. The summed E-state index contributed by atoms with van der Waals surface area (Å²) in [7, 11) is -1.55. The number of nitrogens with zero attached hydrogens (tertiary/aromatic N) is 1. The van der Waals surface area contributed by atoms with Crippen molar-refractivity contribution in [2.75, 3.05) is 0 Å². The van der Waals surface area contributed by atoms with Crippen LogP contribution in [0.15, 0.2) is 51.8 Å². The van der Waals surface area contributed by atoms with Gasteiger partial charge in [0.15, 0.2) is 0 Å². The van der Waals surface area contributed by atoms with E-state index in [1.807, 2.05) is 6.07 Å². The lowest BCUT2D eigenvalue weighted by Crippen LogP contribution is -2.06. The molecule has 0 saturated heterocycles. The predicted octanol–water partition coefficient (Wildman–Crippen LogP) is 3.33. The van der Waals surface area contributed by atoms with E-state index in [1.165, 1.54) is 12.1 Å². The summed E-state index contributed by atoms with van der Waals surface area (Å²) in [6, 6.07) is 13.4. The Hall–Kier alpha value is -1.97. The second-order valence-corrected chi connectivity index (χ2v) is 6.54. The maximum Gasteiger partial charge on any atom is 0.336 e. The molecule has 0 bridgehead atoms. The number of hydrogen-bond donors (Lipinski definition) is 1. The second-order valence-electron chi connectivity index (χ2n) is 4.20. The Morgan fingerprint density at radius 2 is 2.00 bits per heavy atom. The summed E-state index contributed by atoms with van der Waals surface area (Å²) in [4.78, 5) is 11.5. The van der Waals surface area contributed by atoms with Gasteiger partial charge in [-0.2, -0.15) is 5.26 Å². The molecule has 2 rings (SSSR count). The first-order valence-electron chi connectivity index (χ1n) is 5.92. The second kappa shape index (κ2) is 6.66. The van der Waals surface area contributed by atoms with Crippen molar-refractivity contribution in [1.82, 2.24) is 0 Å². The molecule has 0 aliphatic rings. The third kappa shape index (κ3) is 3.57. The lowest BCUT2D eigenvalue weighted by molar-refractivity contribution is 0.0693. The minimum atomic E-state index is -1.55. The van der Waals surface area contributed by atoms with Gasteiger partial charge in [-0.25, -0.2) is 4.79 Å². The van der Waals surface area contributed by atoms with Crippen LogP contribution in [0.5, 0.6) is 0 Å². The average molecular weight is 364 g/mol. The monoisotopic (exact) mass is 363 g/mol. The van der Waals surface area contributed by atoms with Gasteiger partial charge in [0, 0.05) is 4.47 Å². The zero-order valence-electron chi connectivity index (χ0n) is 10.7. The van der Waals surface area contributed by atoms with Crippen molar-refractivity contribution in [3.8, 4) is 6.07 Å². The number of halogens is 1. The maximum atomic E-state index is 12.5. The van der Waals surface area contributed by atoms with Crippen molar-refractivity contribution in [3.05, 3.63) is 63.6 Å². The van der Waals surface area contributed by atoms with E-state index in [2.05, 4.69) is 15.9 Å². The first-order valence-corrected chi connectivity index (χ1v) is 8.03. The van der Waals surface area contributed by atoms with Gasteiger partial charge in [-0.15, -0.1) is 0 Å². The average Bonchev–Trinajstić information content (AvgIpc) is 2.47. The zero-order chi connectivity index (χ0) is 15.4. The van der Waals surface area contributed by atoms with Crippen molar-refractivity contribution in [2.45, 2.75) is 10.6 Å². The molecule has 0 fully saturated rings. The van der Waals surface area contributed by atoms with E-state index in [0.717, 1.165) is 0 Å². The molecule has 0 heterocycles. The zero-order valence-corrected chi connectivity index (χ0v) is 13.1. The van der Waals surface area contributed by atoms with E-state index in [0.29, 0.717) is 15.6 Å². The summed E-state index contributed by atoms with van der Waals surface area (Å²) < 4.78 is 13.1. The van der Waals surface area contributed by atoms with Crippen LogP contribution in [-0.2, 0) is 16.6 Å². The molecule has 0 aromatic heterocycles. The highest BCUT2D eigenvalue weighted by molar-refractivity contribution is 9.10. The molecule has 0 saturated carbocycles. The molecule has 1 atom stereocenters. The van der Waals surface area contributed by atoms with Crippen molar-refractivity contribution in [2.24, 2.45) is 0 Å². The molecule has 1 unspecified atom stereocenters. The normalized spacial score (nSPS) is 11.6. The topological polar surface area (TPSA) is 78.2 Å². The lowest BCUT2D eigenvalue weighted by atomic mass is 10.1. The third-order valence-corrected chi connectivity index (χ3v) is 4.74. The van der Waals surface area contributed by atoms with Gasteiger partial charge in [0.2, 0.25) is 0 Å². The molecule has 6 heteroatoms. The fourth-order valence-corrected chi connectivity index (χ4v) is 3.70. The highest BCUT2D eigenvalue weighted by Gasteiger charge is 2.17. The number of nitriles is 1. The fraction of sp³-hybridized carbons (Fsp3) is 0.0667. The van der Waals surface area contributed by atoms with Crippen LogP contribution in [0.25, 0.3) is 0 Å². The molecule has 0 radical (unpaired) electrons. The van der Waals surface area contributed by atoms with Gasteiger partial charge in [0.05, 0.1) is 38.6 Å². The molecule has 1 N–H and O–H groups in total. The summed E-state index contributed by atoms with van der Waals surface area (Å²) in [6.07, 6.45) is 0. The van der Waals surface area contributed by atoms with Gasteiger partial charge in [0.1, 0.15) is 0 Å². The molecular formula is C15H10BrNO3S. The highest BCUT2D eigenvalue weighted by Crippen LogP contribution is 2.23. The minimum absolute atomic E-state index is 0.00553. The van der Waals surface area contributed by atoms with Crippen molar-refractivity contribution < 1.29 is 14.1 Å². The Bertz CT molecular complexity index is 768. The smallest absolute Gasteiger partial charge is 0.336 e. The third-order valence-electron chi connectivity index (χ3n) is 2.84. The van der Waals surface area contributed by atoms with Crippen molar-refractivity contribution in [1.29, 1.82) is 5.26 Å². The van der Waals surface area contributed by atoms with E-state index in [9.17, 15) is 14.1 Å². The summed E-state index contributed by atoms with van der Waals surface area (Å²) in [5.41, 5.74) is 1.08. The Morgan fingerprint density at radius 1 is 1.29 bits per heavy atom. The van der Waals surface area contributed by atoms with Crippen LogP contribution in [-0.4, -0.2) is 15.3 Å². The number of carbonyl (C=O) groups is 1. The number of hydrogen-bond acceptors (Lipinski definition) is 3. The van der Waals surface area contributed by atoms with Crippen LogP contribution in [0.4, 0.5) is 0 Å². The largest absolute Gasteiger partial charge is 0.478 e. The van der Waals surface area contributed by atoms with Crippen LogP contribution in [0.2, 0.25) is 0 Å². The number of rotatable bonds is 4. The fourth-order valence-electron chi connectivity index (χ4n) is 1.84. The Balaban J connectivity index is 2.39. The standard InChI is InChI=1S/C15H10BrNO3S/c16-12-5-6-13(15(18)19)14(7-12)21(20)9-11-4-2-1-3-10(11)8-17/h1-7H,9H2,(H,18,19). The quantitative estimate of drug-likeness (QED) is 0.903. The van der Waals surface area contributed by atoms with Gasteiger partial charge in [-0.1, -0.05) is 34.1 Å². The van der Waals surface area contributed by atoms with Crippen LogP contribution >= 0.6 is 15.9 Å². The molecule has 0 aliphatic heterocycles. The van der Waals surface area contributed by atoms with Gasteiger partial charge in [-0.05, 0) is 29.8 Å². The van der Waals surface area contributed by atoms with E-state index in [-0.39, 0.29) is 16.2 Å². The molecule has 106 valence electrons. The molecule has 4 nitrogen and oxygen atoms in total. The van der Waals surface area contributed by atoms with E-state index in [1.54, 1.807) is 30.3 Å². The SMILES string of the molecule is N#Cc1ccccc1CS(=O)c1cc(Br)ccc1C(=O)O. The summed E-state index contributed by atoms with van der Waals surface area (Å²) in [6.45, 7) is 0. The summed E-state index contributed by atoms with van der Waals surface area (Å²) >= 11 is 3.25. The Kier molecular flexibility index (Phi) is 4.89. The number of benzene rings is 2. The predicted molar refractivity (Wildman–Crippen MR) is 82.4 cm³/mol. The molecule has 0 aliphatic carbocycles. The minimum Gasteiger partial charge on any atom is -0.478 e. The van der Waals surface area contributed by atoms with E-state index in [4.69, 9.17) is 5.26 Å². The van der Waals surface area contributed by atoms with Crippen molar-refractivity contribution in [3.63, 3.8) is 0 Å². The molecule has 0 amide bonds. The number of carboxylic acids is 1. The van der Waals surface area contributed by atoms with Gasteiger partial charge < -0.3 is 5.11 Å². The maximum absolute atomic E-state index is 12.5. The van der Waals surface area contributed by atoms with Gasteiger partial charge >= 0.3 is 5.97 Å². The van der Waals surface area contributed by atoms with Crippen molar-refractivity contribution >= 4 is 32.7 Å². The summed E-state index contributed by atoms with van der Waals surface area (Å²) in [5, 5.41) is 18.2. The summed E-state index contributed by atoms with van der Waals surface area (Å²) in [5.74, 6) is -1.03. The first kappa shape index (κ1) is 15.4. The van der Waals surface area contributed by atoms with Crippen LogP contribution < -0.4 is 0 Å². The van der Waals surface area contributed by atoms with Gasteiger partial charge in [0.25, 0.3) is 0 Å². The molecule has 2 aromatic carbocycles. The molecule has 2 aromatic rings. The Labute approximate surface area is 132 Å². The van der Waals surface area contributed by atoms with E-state index < -0.39 is 16.8 Å². The van der Waals surface area contributed by atoms with Crippen LogP contribution in [0, 0.1) is 11.3 Å². The van der Waals surface area contributed by atoms with Crippen LogP contribution in [0.1, 0.15) is 21.5 Å². The highest BCUT2D eigenvalue weighted by atomic mass is 79.9. The number of aromatic carboxylic acids is 1. The Morgan fingerprint density at radius 3 is 2.67 bits per heavy atom. The van der Waals surface area contributed by atoms with E-state index >= 15 is 0 Å². The molecular weight excluding hydrogens is 354 g/mol. The van der Waals surface area contributed by atoms with Crippen LogP contribution in [0.3, 0.4) is 0 Å². The van der Waals surface area contributed by atoms with Gasteiger partial charge in [-0.3, -0.25) is 4.21 Å². The number of carboxylic acid groups (broad SMARTS) is 1. The first-order chi connectivity index (χ1) is 10.0. The molecule has 21 heavy (non-hydrogen) atoms. The lowest BCUT2D eigenvalue weighted by Gasteiger charge is -2.08.